The maximum absolute atomic E-state index is 14.1. The monoisotopic (exact) mass is 268 g/mol. The van der Waals surface area contributed by atoms with Gasteiger partial charge in [-0.05, 0) is 37.8 Å². The zero-order valence-electron chi connectivity index (χ0n) is 10.5. The molecule has 0 amide bonds. The van der Waals surface area contributed by atoms with Crippen molar-refractivity contribution in [3.8, 4) is 0 Å². The summed E-state index contributed by atoms with van der Waals surface area (Å²) in [6.07, 6.45) is 2.61. The molecule has 18 heavy (non-hydrogen) atoms. The Balaban J connectivity index is 1.86. The van der Waals surface area contributed by atoms with Gasteiger partial charge in [-0.1, -0.05) is 17.7 Å². The van der Waals surface area contributed by atoms with Gasteiger partial charge in [-0.15, -0.1) is 0 Å². The van der Waals surface area contributed by atoms with E-state index >= 15 is 0 Å². The zero-order valence-corrected chi connectivity index (χ0v) is 11.3. The first-order chi connectivity index (χ1) is 8.66. The minimum atomic E-state index is -0.289. The van der Waals surface area contributed by atoms with Crippen molar-refractivity contribution in [2.45, 2.75) is 31.8 Å². The van der Waals surface area contributed by atoms with Crippen LogP contribution in [0.25, 0.3) is 0 Å². The summed E-state index contributed by atoms with van der Waals surface area (Å²) in [5, 5.41) is 3.78. The van der Waals surface area contributed by atoms with Crippen molar-refractivity contribution in [1.29, 1.82) is 0 Å². The van der Waals surface area contributed by atoms with Crippen molar-refractivity contribution in [2.24, 2.45) is 5.92 Å². The Bertz CT molecular complexity index is 447. The Morgan fingerprint density at radius 3 is 2.89 bits per heavy atom. The van der Waals surface area contributed by atoms with Gasteiger partial charge >= 0.3 is 0 Å². The summed E-state index contributed by atoms with van der Waals surface area (Å²) >= 11 is 5.87. The van der Waals surface area contributed by atoms with Crippen molar-refractivity contribution < 1.29 is 4.39 Å². The van der Waals surface area contributed by atoms with Crippen LogP contribution in [0.1, 0.15) is 19.8 Å². The predicted octanol–water partition coefficient (Wildman–Crippen LogP) is 3.06. The van der Waals surface area contributed by atoms with Crippen LogP contribution in [0.3, 0.4) is 0 Å². The molecule has 3 rings (SSSR count). The number of benzene rings is 1. The molecule has 4 heteroatoms. The molecule has 0 radical (unpaired) electrons. The lowest BCUT2D eigenvalue weighted by Crippen LogP contribution is -2.56. The molecule has 1 aromatic carbocycles. The molecule has 1 aromatic rings. The molecule has 0 spiro atoms. The Morgan fingerprint density at radius 1 is 1.39 bits per heavy atom. The molecule has 2 aliphatic rings. The average Bonchev–Trinajstić information content (AvgIpc) is 3.18. The highest BCUT2D eigenvalue weighted by Gasteiger charge is 2.36. The average molecular weight is 269 g/mol. The van der Waals surface area contributed by atoms with E-state index in [0.29, 0.717) is 17.8 Å². The second kappa shape index (κ2) is 4.71. The third-order valence-electron chi connectivity index (χ3n) is 4.03. The minimum Gasteiger partial charge on any atom is -0.364 e. The molecular weight excluding hydrogens is 251 g/mol. The molecule has 0 bridgehead atoms. The second-order valence-corrected chi connectivity index (χ2v) is 5.83. The fraction of sp³-hybridized carbons (Fsp3) is 0.571. The minimum absolute atomic E-state index is 0.209. The first-order valence-corrected chi connectivity index (χ1v) is 6.98. The van der Waals surface area contributed by atoms with Gasteiger partial charge in [-0.2, -0.15) is 0 Å². The molecule has 1 heterocycles. The van der Waals surface area contributed by atoms with Crippen LogP contribution in [0.5, 0.6) is 0 Å². The second-order valence-electron chi connectivity index (χ2n) is 5.43. The molecule has 1 saturated carbocycles. The maximum atomic E-state index is 14.1. The Hall–Kier alpha value is -0.800. The van der Waals surface area contributed by atoms with Crippen LogP contribution < -0.4 is 10.2 Å². The van der Waals surface area contributed by atoms with Crippen LogP contribution in [0.2, 0.25) is 5.02 Å². The van der Waals surface area contributed by atoms with E-state index in [1.807, 2.05) is 12.1 Å². The molecule has 2 atom stereocenters. The summed E-state index contributed by atoms with van der Waals surface area (Å²) in [6, 6.07) is 6.05. The van der Waals surface area contributed by atoms with E-state index in [-0.39, 0.29) is 10.8 Å². The van der Waals surface area contributed by atoms with Gasteiger partial charge in [-0.25, -0.2) is 4.39 Å². The SMILES string of the molecule is CC1CNC(C2CC2)CN1c1cccc(Cl)c1F. The molecule has 1 aliphatic carbocycles. The molecular formula is C14H18ClFN2. The number of hydrogen-bond acceptors (Lipinski definition) is 2. The van der Waals surface area contributed by atoms with E-state index in [0.717, 1.165) is 19.0 Å². The van der Waals surface area contributed by atoms with Crippen LogP contribution in [-0.4, -0.2) is 25.2 Å². The Labute approximate surface area is 112 Å². The summed E-state index contributed by atoms with van der Waals surface area (Å²) in [5.74, 6) is 0.490. The van der Waals surface area contributed by atoms with Crippen molar-refractivity contribution in [1.82, 2.24) is 5.32 Å². The van der Waals surface area contributed by atoms with Crippen LogP contribution >= 0.6 is 11.6 Å². The molecule has 2 nitrogen and oxygen atoms in total. The van der Waals surface area contributed by atoms with Crippen LogP contribution in [-0.2, 0) is 0 Å². The maximum Gasteiger partial charge on any atom is 0.165 e. The Morgan fingerprint density at radius 2 is 2.17 bits per heavy atom. The fourth-order valence-electron chi connectivity index (χ4n) is 2.75. The topological polar surface area (TPSA) is 15.3 Å². The van der Waals surface area contributed by atoms with E-state index in [4.69, 9.17) is 11.6 Å². The van der Waals surface area contributed by atoms with E-state index < -0.39 is 0 Å². The number of hydrogen-bond donors (Lipinski definition) is 1. The molecule has 2 unspecified atom stereocenters. The van der Waals surface area contributed by atoms with Crippen molar-refractivity contribution in [3.63, 3.8) is 0 Å². The van der Waals surface area contributed by atoms with Crippen molar-refractivity contribution >= 4 is 17.3 Å². The van der Waals surface area contributed by atoms with Gasteiger partial charge in [-0.3, -0.25) is 0 Å². The molecule has 0 aromatic heterocycles. The highest BCUT2D eigenvalue weighted by atomic mass is 35.5. The largest absolute Gasteiger partial charge is 0.364 e. The third-order valence-corrected chi connectivity index (χ3v) is 4.32. The lowest BCUT2D eigenvalue weighted by molar-refractivity contribution is 0.373. The summed E-state index contributed by atoms with van der Waals surface area (Å²) in [4.78, 5) is 2.15. The molecule has 98 valence electrons. The van der Waals surface area contributed by atoms with E-state index in [2.05, 4.69) is 17.1 Å². The number of rotatable bonds is 2. The lowest BCUT2D eigenvalue weighted by Gasteiger charge is -2.40. The van der Waals surface area contributed by atoms with Gasteiger partial charge in [0.1, 0.15) is 0 Å². The number of nitrogens with one attached hydrogen (secondary N) is 1. The van der Waals surface area contributed by atoms with Gasteiger partial charge in [0.2, 0.25) is 0 Å². The molecule has 1 saturated heterocycles. The zero-order chi connectivity index (χ0) is 12.7. The van der Waals surface area contributed by atoms with Crippen molar-refractivity contribution in [2.75, 3.05) is 18.0 Å². The standard InChI is InChI=1S/C14H18ClFN2/c1-9-7-17-12(10-5-6-10)8-18(9)13-4-2-3-11(15)14(13)16/h2-4,9-10,12,17H,5-8H2,1H3. The lowest BCUT2D eigenvalue weighted by atomic mass is 10.1. The van der Waals surface area contributed by atoms with Crippen LogP contribution in [0, 0.1) is 11.7 Å². The number of halogens is 2. The van der Waals surface area contributed by atoms with Gasteiger partial charge in [0.25, 0.3) is 0 Å². The van der Waals surface area contributed by atoms with E-state index in [1.54, 1.807) is 6.07 Å². The smallest absolute Gasteiger partial charge is 0.165 e. The summed E-state index contributed by atoms with van der Waals surface area (Å²) < 4.78 is 14.1. The molecule has 1 aliphatic heterocycles. The predicted molar refractivity (Wildman–Crippen MR) is 72.7 cm³/mol. The first-order valence-electron chi connectivity index (χ1n) is 6.61. The molecule has 2 fully saturated rings. The summed E-state index contributed by atoms with van der Waals surface area (Å²) in [5.41, 5.74) is 0.641. The number of piperazine rings is 1. The fourth-order valence-corrected chi connectivity index (χ4v) is 2.92. The van der Waals surface area contributed by atoms with Gasteiger partial charge in [0, 0.05) is 25.2 Å². The molecule has 1 N–H and O–H groups in total. The van der Waals surface area contributed by atoms with Crippen molar-refractivity contribution in [3.05, 3.63) is 29.0 Å². The quantitative estimate of drug-likeness (QED) is 0.887. The Kier molecular flexibility index (Phi) is 3.20. The summed E-state index contributed by atoms with van der Waals surface area (Å²) in [6.45, 7) is 3.91. The van der Waals surface area contributed by atoms with Crippen LogP contribution in [0.4, 0.5) is 10.1 Å². The van der Waals surface area contributed by atoms with Gasteiger partial charge in [0.15, 0.2) is 5.82 Å². The third kappa shape index (κ3) is 2.21. The van der Waals surface area contributed by atoms with E-state index in [1.165, 1.54) is 12.8 Å². The highest BCUT2D eigenvalue weighted by molar-refractivity contribution is 6.31. The van der Waals surface area contributed by atoms with Crippen LogP contribution in [0.15, 0.2) is 18.2 Å². The highest BCUT2D eigenvalue weighted by Crippen LogP contribution is 2.36. The first kappa shape index (κ1) is 12.2. The number of anilines is 1. The van der Waals surface area contributed by atoms with E-state index in [9.17, 15) is 4.39 Å². The summed E-state index contributed by atoms with van der Waals surface area (Å²) in [7, 11) is 0. The van der Waals surface area contributed by atoms with Gasteiger partial charge < -0.3 is 10.2 Å². The number of nitrogens with zero attached hydrogens (tertiary/aromatic N) is 1. The normalized spacial score (nSPS) is 28.5. The van der Waals surface area contributed by atoms with Gasteiger partial charge in [0.05, 0.1) is 10.7 Å².